The highest BCUT2D eigenvalue weighted by atomic mass is 31.2. The number of hydrogen-bond donors (Lipinski definition) is 3. The molecule has 0 bridgehead atoms. The van der Waals surface area contributed by atoms with Crippen LogP contribution < -0.4 is 0 Å². The molecule has 0 spiro atoms. The van der Waals surface area contributed by atoms with Gasteiger partial charge in [0, 0.05) is 13.0 Å². The largest absolute Gasteiger partial charge is 0.472 e. The zero-order valence-corrected chi connectivity index (χ0v) is 41.8. The van der Waals surface area contributed by atoms with Crippen molar-refractivity contribution in [2.24, 2.45) is 0 Å². The first-order valence-corrected chi connectivity index (χ1v) is 28.2. The Kier molecular flexibility index (Phi) is 49.0. The Morgan fingerprint density at radius 3 is 1.21 bits per heavy atom. The molecule has 0 aromatic rings. The van der Waals surface area contributed by atoms with Crippen LogP contribution in [0.5, 0.6) is 0 Å². The molecule has 0 aliphatic rings. The SMILES string of the molecule is CCCCCCCC/C=C\CCCCCCCCCCOCC(COP(=O)(O)OCC(O)CO)OC(=O)CCCCCCCCCCCCCCCCCCCCCCCCC. The molecule has 370 valence electrons. The van der Waals surface area contributed by atoms with E-state index in [2.05, 4.69) is 26.0 Å². The Morgan fingerprint density at radius 1 is 0.484 bits per heavy atom. The predicted octanol–water partition coefficient (Wildman–Crippen LogP) is 15.6. The van der Waals surface area contributed by atoms with Crippen molar-refractivity contribution >= 4 is 13.8 Å². The number of unbranched alkanes of at least 4 members (excludes halogenated alkanes) is 36. The highest BCUT2D eigenvalue weighted by Crippen LogP contribution is 2.43. The summed E-state index contributed by atoms with van der Waals surface area (Å²) in [6.07, 6.45) is 53.3. The number of aliphatic hydroxyl groups is 2. The average molecular weight is 903 g/mol. The van der Waals surface area contributed by atoms with Gasteiger partial charge in [0.25, 0.3) is 0 Å². The maximum Gasteiger partial charge on any atom is 0.472 e. The molecule has 0 aromatic heterocycles. The van der Waals surface area contributed by atoms with Crippen LogP contribution in [0.15, 0.2) is 12.2 Å². The lowest BCUT2D eigenvalue weighted by atomic mass is 10.0. The zero-order valence-electron chi connectivity index (χ0n) is 40.9. The van der Waals surface area contributed by atoms with Gasteiger partial charge in [0.1, 0.15) is 12.2 Å². The standard InChI is InChI=1S/C52H103O9P/c1-3-5-7-9-11-13-15-17-19-21-23-24-25-26-27-28-30-32-34-36-38-40-42-44-52(55)61-51(49-60-62(56,57)59-47-50(54)46-53)48-58-45-43-41-39-37-35-33-31-29-22-20-18-16-14-12-10-8-6-4-2/h18,20,50-51,53-54H,3-17,19,21-49H2,1-2H3,(H,56,57)/b20-18-. The second-order valence-corrected chi connectivity index (χ2v) is 19.7. The van der Waals surface area contributed by atoms with E-state index in [1.165, 1.54) is 212 Å². The van der Waals surface area contributed by atoms with Crippen LogP contribution in [-0.2, 0) is 27.9 Å². The second-order valence-electron chi connectivity index (χ2n) is 18.3. The van der Waals surface area contributed by atoms with E-state index in [1.807, 2.05) is 0 Å². The molecular formula is C52H103O9P. The van der Waals surface area contributed by atoms with Crippen LogP contribution in [0, 0.1) is 0 Å². The van der Waals surface area contributed by atoms with Crippen LogP contribution in [0.4, 0.5) is 0 Å². The topological polar surface area (TPSA) is 132 Å². The van der Waals surface area contributed by atoms with Gasteiger partial charge in [-0.05, 0) is 38.5 Å². The molecule has 0 saturated heterocycles. The molecule has 0 aromatic carbocycles. The van der Waals surface area contributed by atoms with Crippen molar-refractivity contribution in [3.05, 3.63) is 12.2 Å². The summed E-state index contributed by atoms with van der Waals surface area (Å²) in [6.45, 7) is 3.58. The van der Waals surface area contributed by atoms with Crippen molar-refractivity contribution in [2.45, 2.75) is 283 Å². The van der Waals surface area contributed by atoms with E-state index < -0.39 is 33.2 Å². The van der Waals surface area contributed by atoms with Crippen LogP contribution >= 0.6 is 7.82 Å². The number of aliphatic hydroxyl groups excluding tert-OH is 2. The second kappa shape index (κ2) is 49.6. The number of phosphoric acid groups is 1. The maximum absolute atomic E-state index is 12.7. The summed E-state index contributed by atoms with van der Waals surface area (Å²) < 4.78 is 33.6. The molecule has 10 heteroatoms. The Labute approximate surface area is 383 Å². The number of phosphoric ester groups is 1. The molecule has 3 N–H and O–H groups in total. The molecule has 0 saturated carbocycles. The highest BCUT2D eigenvalue weighted by molar-refractivity contribution is 7.47. The Balaban J connectivity index is 4.00. The van der Waals surface area contributed by atoms with Gasteiger partial charge in [-0.2, -0.15) is 0 Å². The number of hydrogen-bond acceptors (Lipinski definition) is 8. The summed E-state index contributed by atoms with van der Waals surface area (Å²) in [5, 5.41) is 18.4. The third kappa shape index (κ3) is 48.7. The van der Waals surface area contributed by atoms with Gasteiger partial charge < -0.3 is 24.6 Å². The molecule has 0 rings (SSSR count). The van der Waals surface area contributed by atoms with Gasteiger partial charge in [0.2, 0.25) is 0 Å². The molecule has 0 aliphatic carbocycles. The van der Waals surface area contributed by atoms with Crippen molar-refractivity contribution in [1.82, 2.24) is 0 Å². The van der Waals surface area contributed by atoms with E-state index in [9.17, 15) is 19.4 Å². The lowest BCUT2D eigenvalue weighted by Crippen LogP contribution is -2.29. The van der Waals surface area contributed by atoms with Gasteiger partial charge in [-0.1, -0.05) is 238 Å². The minimum absolute atomic E-state index is 0.0534. The van der Waals surface area contributed by atoms with Gasteiger partial charge in [-0.25, -0.2) is 4.57 Å². The molecule has 0 aliphatic heterocycles. The van der Waals surface area contributed by atoms with Crippen LogP contribution in [-0.4, -0.2) is 66.3 Å². The lowest BCUT2D eigenvalue weighted by Gasteiger charge is -2.20. The molecule has 0 heterocycles. The van der Waals surface area contributed by atoms with Gasteiger partial charge in [-0.15, -0.1) is 0 Å². The van der Waals surface area contributed by atoms with Crippen molar-refractivity contribution in [1.29, 1.82) is 0 Å². The Bertz CT molecular complexity index is 980. The minimum atomic E-state index is -4.52. The first kappa shape index (κ1) is 61.2. The summed E-state index contributed by atoms with van der Waals surface area (Å²) in [4.78, 5) is 22.7. The van der Waals surface area contributed by atoms with E-state index in [0.29, 0.717) is 6.61 Å². The highest BCUT2D eigenvalue weighted by Gasteiger charge is 2.26. The molecule has 62 heavy (non-hydrogen) atoms. The molecule has 9 nitrogen and oxygen atoms in total. The molecule has 0 amide bonds. The van der Waals surface area contributed by atoms with Crippen molar-refractivity contribution in [3.63, 3.8) is 0 Å². The van der Waals surface area contributed by atoms with Gasteiger partial charge in [0.15, 0.2) is 0 Å². The van der Waals surface area contributed by atoms with Crippen LogP contribution in [0.3, 0.4) is 0 Å². The monoisotopic (exact) mass is 903 g/mol. The minimum Gasteiger partial charge on any atom is -0.457 e. The fourth-order valence-electron chi connectivity index (χ4n) is 7.88. The van der Waals surface area contributed by atoms with Gasteiger partial charge in [0.05, 0.1) is 26.4 Å². The zero-order chi connectivity index (χ0) is 45.3. The Morgan fingerprint density at radius 2 is 0.823 bits per heavy atom. The number of ether oxygens (including phenoxy) is 2. The number of carbonyl (C=O) groups is 1. The van der Waals surface area contributed by atoms with Crippen molar-refractivity contribution < 1.29 is 43.0 Å². The third-order valence-electron chi connectivity index (χ3n) is 12.0. The summed E-state index contributed by atoms with van der Waals surface area (Å²) in [5.74, 6) is -0.376. The van der Waals surface area contributed by atoms with Crippen LogP contribution in [0.1, 0.15) is 271 Å². The first-order valence-electron chi connectivity index (χ1n) is 26.7. The van der Waals surface area contributed by atoms with Gasteiger partial charge in [-0.3, -0.25) is 13.8 Å². The third-order valence-corrected chi connectivity index (χ3v) is 12.9. The fraction of sp³-hybridized carbons (Fsp3) is 0.942. The predicted molar refractivity (Wildman–Crippen MR) is 261 cm³/mol. The first-order chi connectivity index (χ1) is 30.3. The summed E-state index contributed by atoms with van der Waals surface area (Å²) in [6, 6.07) is 0. The van der Waals surface area contributed by atoms with Crippen molar-refractivity contribution in [2.75, 3.05) is 33.0 Å². The van der Waals surface area contributed by atoms with Gasteiger partial charge >= 0.3 is 13.8 Å². The number of carbonyl (C=O) groups excluding carboxylic acids is 1. The molecule has 0 fully saturated rings. The molecule has 3 atom stereocenters. The summed E-state index contributed by atoms with van der Waals surface area (Å²) in [7, 11) is -4.52. The van der Waals surface area contributed by atoms with Crippen LogP contribution in [0.2, 0.25) is 0 Å². The number of allylic oxidation sites excluding steroid dienone is 2. The van der Waals surface area contributed by atoms with Crippen LogP contribution in [0.25, 0.3) is 0 Å². The molecule has 0 radical (unpaired) electrons. The Hall–Kier alpha value is -0.800. The van der Waals surface area contributed by atoms with E-state index in [4.69, 9.17) is 23.6 Å². The normalized spacial score (nSPS) is 13.8. The average Bonchev–Trinajstić information content (AvgIpc) is 3.26. The molecular weight excluding hydrogens is 800 g/mol. The maximum atomic E-state index is 12.7. The molecule has 3 unspecified atom stereocenters. The van der Waals surface area contributed by atoms with E-state index in [0.717, 1.165) is 38.5 Å². The number of esters is 1. The fourth-order valence-corrected chi connectivity index (χ4v) is 8.67. The van der Waals surface area contributed by atoms with E-state index in [1.54, 1.807) is 0 Å². The quantitative estimate of drug-likeness (QED) is 0.0236. The summed E-state index contributed by atoms with van der Waals surface area (Å²) in [5.41, 5.74) is 0. The van der Waals surface area contributed by atoms with E-state index in [-0.39, 0.29) is 25.6 Å². The lowest BCUT2D eigenvalue weighted by molar-refractivity contribution is -0.154. The van der Waals surface area contributed by atoms with Crippen molar-refractivity contribution in [3.8, 4) is 0 Å². The summed E-state index contributed by atoms with van der Waals surface area (Å²) >= 11 is 0. The smallest absolute Gasteiger partial charge is 0.457 e. The van der Waals surface area contributed by atoms with E-state index >= 15 is 0 Å². The number of rotatable bonds is 52.